The van der Waals surface area contributed by atoms with E-state index in [9.17, 15) is 9.59 Å². The van der Waals surface area contributed by atoms with Gasteiger partial charge in [0.2, 0.25) is 5.91 Å². The number of thiophene rings is 2. The van der Waals surface area contributed by atoms with Crippen molar-refractivity contribution >= 4 is 50.6 Å². The Hall–Kier alpha value is -1.64. The Morgan fingerprint density at radius 2 is 2.18 bits per heavy atom. The molecule has 28 heavy (non-hydrogen) atoms. The van der Waals surface area contributed by atoms with Crippen LogP contribution in [0, 0.1) is 0 Å². The molecule has 0 unspecified atom stereocenters. The second-order valence-corrected chi connectivity index (χ2v) is 10.0. The number of carbonyl (C=O) groups excluding carboxylic acids is 1. The molecule has 1 aliphatic rings. The number of rotatable bonds is 6. The first-order valence-corrected chi connectivity index (χ1v) is 12.2. The van der Waals surface area contributed by atoms with Crippen molar-refractivity contribution in [2.75, 3.05) is 12.8 Å². The highest BCUT2D eigenvalue weighted by molar-refractivity contribution is 7.99. The van der Waals surface area contributed by atoms with Gasteiger partial charge in [-0.1, -0.05) is 17.8 Å². The fourth-order valence-corrected chi connectivity index (χ4v) is 6.63. The van der Waals surface area contributed by atoms with Gasteiger partial charge in [-0.05, 0) is 49.6 Å². The van der Waals surface area contributed by atoms with Crippen molar-refractivity contribution in [3.63, 3.8) is 0 Å². The first kappa shape index (κ1) is 19.7. The maximum Gasteiger partial charge on any atom is 0.263 e. The lowest BCUT2D eigenvalue weighted by atomic mass is 9.97. The van der Waals surface area contributed by atoms with Gasteiger partial charge in [0.15, 0.2) is 5.16 Å². The molecule has 5 nitrogen and oxygen atoms in total. The van der Waals surface area contributed by atoms with Gasteiger partial charge in [-0.2, -0.15) is 0 Å². The van der Waals surface area contributed by atoms with Gasteiger partial charge in [0, 0.05) is 23.3 Å². The molecule has 3 aromatic heterocycles. The summed E-state index contributed by atoms with van der Waals surface area (Å²) in [5.41, 5.74) is 1.27. The lowest BCUT2D eigenvalue weighted by Crippen LogP contribution is -2.28. The van der Waals surface area contributed by atoms with Crippen LogP contribution in [0.25, 0.3) is 10.2 Å². The van der Waals surface area contributed by atoms with E-state index in [1.165, 1.54) is 28.6 Å². The van der Waals surface area contributed by atoms with Crippen LogP contribution in [0.15, 0.2) is 27.5 Å². The van der Waals surface area contributed by atoms with Crippen molar-refractivity contribution < 1.29 is 4.79 Å². The van der Waals surface area contributed by atoms with Gasteiger partial charge in [0.05, 0.1) is 17.7 Å². The molecule has 148 valence electrons. The number of aryl methyl sites for hydroxylation is 2. The van der Waals surface area contributed by atoms with Crippen molar-refractivity contribution in [1.82, 2.24) is 14.5 Å². The predicted octanol–water partition coefficient (Wildman–Crippen LogP) is 4.17. The molecule has 1 aliphatic carbocycles. The van der Waals surface area contributed by atoms with Gasteiger partial charge in [-0.15, -0.1) is 22.7 Å². The summed E-state index contributed by atoms with van der Waals surface area (Å²) >= 11 is 4.67. The number of nitrogens with zero attached hydrogens (tertiary/aromatic N) is 3. The van der Waals surface area contributed by atoms with Crippen molar-refractivity contribution in [3.8, 4) is 0 Å². The van der Waals surface area contributed by atoms with Crippen LogP contribution in [0.4, 0.5) is 0 Å². The van der Waals surface area contributed by atoms with Crippen LogP contribution >= 0.6 is 34.4 Å². The molecule has 0 spiro atoms. The molecule has 0 saturated carbocycles. The quantitative estimate of drug-likeness (QED) is 0.432. The average molecular weight is 434 g/mol. The second-order valence-electron chi connectivity index (χ2n) is 6.95. The van der Waals surface area contributed by atoms with Gasteiger partial charge in [-0.3, -0.25) is 14.2 Å². The maximum absolute atomic E-state index is 13.1. The fraction of sp³-hybridized carbons (Fsp3) is 0.450. The summed E-state index contributed by atoms with van der Waals surface area (Å²) in [5, 5.41) is 3.48. The summed E-state index contributed by atoms with van der Waals surface area (Å²) in [7, 11) is 1.82. The van der Waals surface area contributed by atoms with Crippen LogP contribution in [-0.2, 0) is 30.7 Å². The molecule has 8 heteroatoms. The zero-order valence-electron chi connectivity index (χ0n) is 16.1. The molecular weight excluding hydrogens is 410 g/mol. The van der Waals surface area contributed by atoms with E-state index in [-0.39, 0.29) is 17.2 Å². The lowest BCUT2D eigenvalue weighted by molar-refractivity contribution is -0.127. The van der Waals surface area contributed by atoms with Crippen LogP contribution in [-0.4, -0.2) is 33.2 Å². The zero-order chi connectivity index (χ0) is 19.7. The molecular formula is C20H23N3O2S3. The molecule has 0 atom stereocenters. The summed E-state index contributed by atoms with van der Waals surface area (Å²) in [6.45, 7) is 3.14. The molecule has 0 radical (unpaired) electrons. The van der Waals surface area contributed by atoms with E-state index in [0.29, 0.717) is 18.2 Å². The highest BCUT2D eigenvalue weighted by atomic mass is 32.2. The number of aromatic nitrogens is 2. The Bertz CT molecular complexity index is 1050. The third-order valence-electron chi connectivity index (χ3n) is 5.08. The molecule has 0 N–H and O–H groups in total. The Morgan fingerprint density at radius 1 is 1.36 bits per heavy atom. The molecule has 4 rings (SSSR count). The number of hydrogen-bond donors (Lipinski definition) is 0. The number of amides is 1. The molecule has 3 aromatic rings. The maximum atomic E-state index is 13.1. The standard InChI is InChI=1S/C20H23N3O2S3/c1-3-23-19(25)17-14-8-4-5-9-15(14)28-18(17)21-20(23)27-12-16(24)22(2)11-13-7-6-10-26-13/h6-7,10H,3-5,8-9,11-12H2,1-2H3. The van der Waals surface area contributed by atoms with E-state index in [1.807, 2.05) is 31.5 Å². The Balaban J connectivity index is 1.56. The molecule has 1 amide bonds. The zero-order valence-corrected chi connectivity index (χ0v) is 18.5. The molecule has 3 heterocycles. The molecule has 0 saturated heterocycles. The van der Waals surface area contributed by atoms with Crippen LogP contribution in [0.5, 0.6) is 0 Å². The summed E-state index contributed by atoms with van der Waals surface area (Å²) in [6, 6.07) is 4.02. The molecule has 0 fully saturated rings. The SMILES string of the molecule is CCn1c(SCC(=O)N(C)Cc2cccs2)nc2sc3c(c2c1=O)CCCC3. The van der Waals surface area contributed by atoms with E-state index in [4.69, 9.17) is 4.98 Å². The molecule has 0 bridgehead atoms. The summed E-state index contributed by atoms with van der Waals surface area (Å²) in [5.74, 6) is 0.325. The minimum absolute atomic E-state index is 0.0425. The topological polar surface area (TPSA) is 55.2 Å². The van der Waals surface area contributed by atoms with Crippen LogP contribution in [0.1, 0.15) is 35.1 Å². The normalized spacial score (nSPS) is 13.6. The Morgan fingerprint density at radius 3 is 2.93 bits per heavy atom. The number of hydrogen-bond acceptors (Lipinski definition) is 6. The van der Waals surface area contributed by atoms with Gasteiger partial charge in [-0.25, -0.2) is 4.98 Å². The van der Waals surface area contributed by atoms with Crippen molar-refractivity contribution in [1.29, 1.82) is 0 Å². The van der Waals surface area contributed by atoms with Crippen molar-refractivity contribution in [2.24, 2.45) is 0 Å². The van der Waals surface area contributed by atoms with E-state index in [1.54, 1.807) is 32.1 Å². The molecule has 0 aromatic carbocycles. The average Bonchev–Trinajstić information content (AvgIpc) is 3.33. The van der Waals surface area contributed by atoms with Gasteiger partial charge >= 0.3 is 0 Å². The van der Waals surface area contributed by atoms with Crippen LogP contribution < -0.4 is 5.56 Å². The van der Waals surface area contributed by atoms with E-state index >= 15 is 0 Å². The van der Waals surface area contributed by atoms with Crippen molar-refractivity contribution in [3.05, 3.63) is 43.2 Å². The van der Waals surface area contributed by atoms with E-state index in [0.717, 1.165) is 34.4 Å². The Labute approximate surface area is 176 Å². The lowest BCUT2D eigenvalue weighted by Gasteiger charge is -2.16. The van der Waals surface area contributed by atoms with Gasteiger partial charge in [0.25, 0.3) is 5.56 Å². The third-order valence-corrected chi connectivity index (χ3v) is 8.09. The highest BCUT2D eigenvalue weighted by Gasteiger charge is 2.22. The minimum Gasteiger partial charge on any atom is -0.340 e. The minimum atomic E-state index is 0.0425. The van der Waals surface area contributed by atoms with E-state index in [2.05, 4.69) is 0 Å². The first-order chi connectivity index (χ1) is 13.6. The summed E-state index contributed by atoms with van der Waals surface area (Å²) in [6.07, 6.45) is 4.37. The largest absolute Gasteiger partial charge is 0.340 e. The summed E-state index contributed by atoms with van der Waals surface area (Å²) in [4.78, 5) is 35.5. The fourth-order valence-electron chi connectivity index (χ4n) is 3.57. The van der Waals surface area contributed by atoms with Crippen LogP contribution in [0.2, 0.25) is 0 Å². The number of fused-ring (bicyclic) bond motifs is 3. The molecule has 0 aliphatic heterocycles. The number of carbonyl (C=O) groups is 1. The van der Waals surface area contributed by atoms with Crippen molar-refractivity contribution in [2.45, 2.75) is 50.9 Å². The van der Waals surface area contributed by atoms with Crippen LogP contribution in [0.3, 0.4) is 0 Å². The predicted molar refractivity (Wildman–Crippen MR) is 118 cm³/mol. The third kappa shape index (κ3) is 3.77. The highest BCUT2D eigenvalue weighted by Crippen LogP contribution is 2.34. The van der Waals surface area contributed by atoms with Gasteiger partial charge in [0.1, 0.15) is 4.83 Å². The van der Waals surface area contributed by atoms with E-state index < -0.39 is 0 Å². The number of thioether (sulfide) groups is 1. The smallest absolute Gasteiger partial charge is 0.263 e. The van der Waals surface area contributed by atoms with Gasteiger partial charge < -0.3 is 4.90 Å². The monoisotopic (exact) mass is 433 g/mol. The first-order valence-electron chi connectivity index (χ1n) is 9.52. The summed E-state index contributed by atoms with van der Waals surface area (Å²) < 4.78 is 1.72. The Kier molecular flexibility index (Phi) is 5.89. The second kappa shape index (κ2) is 8.39.